The molecule has 8 nitrogen and oxygen atoms in total. The number of hydrogen-bond acceptors (Lipinski definition) is 5. The van der Waals surface area contributed by atoms with E-state index in [-0.39, 0.29) is 17.7 Å². The third kappa shape index (κ3) is 21.2. The summed E-state index contributed by atoms with van der Waals surface area (Å²) in [6, 6.07) is 0. The zero-order valence-electron chi connectivity index (χ0n) is 39.1. The highest BCUT2D eigenvalue weighted by Crippen LogP contribution is 2.33. The van der Waals surface area contributed by atoms with Crippen LogP contribution in [0.2, 0.25) is 0 Å². The van der Waals surface area contributed by atoms with Gasteiger partial charge in [-0.2, -0.15) is 0 Å². The monoisotopic (exact) mass is 809 g/mol. The molecule has 4 heterocycles. The summed E-state index contributed by atoms with van der Waals surface area (Å²) in [5, 5.41) is 0. The smallest absolute Gasteiger partial charge is 0.245 e. The first kappa shape index (κ1) is 52.9. The molecular weight excluding hydrogens is 721 g/mol. The van der Waals surface area contributed by atoms with Gasteiger partial charge in [0.15, 0.2) is 0 Å². The fourth-order valence-corrected chi connectivity index (χ4v) is 9.15. The first-order valence-electron chi connectivity index (χ1n) is 22.6. The van der Waals surface area contributed by atoms with Gasteiger partial charge in [0.05, 0.1) is 6.10 Å². The Morgan fingerprint density at radius 2 is 1.00 bits per heavy atom. The van der Waals surface area contributed by atoms with Gasteiger partial charge in [0.25, 0.3) is 0 Å². The predicted octanol–water partition coefficient (Wildman–Crippen LogP) is 10.4. The van der Waals surface area contributed by atoms with Gasteiger partial charge in [0, 0.05) is 71.1 Å². The summed E-state index contributed by atoms with van der Waals surface area (Å²) >= 11 is 0. The van der Waals surface area contributed by atoms with Crippen LogP contribution in [0.3, 0.4) is 0 Å². The molecule has 0 spiro atoms. The van der Waals surface area contributed by atoms with Gasteiger partial charge < -0.3 is 24.3 Å². The molecular formula is C50H88N4O4. The lowest BCUT2D eigenvalue weighted by atomic mass is 9.83. The van der Waals surface area contributed by atoms with Crippen LogP contribution in [-0.2, 0) is 19.1 Å². The van der Waals surface area contributed by atoms with E-state index in [9.17, 15) is 14.4 Å². The number of hydrogen-bond donors (Lipinski definition) is 0. The van der Waals surface area contributed by atoms with Crippen LogP contribution in [0.5, 0.6) is 0 Å². The fourth-order valence-electron chi connectivity index (χ4n) is 9.15. The minimum Gasteiger partial charge on any atom is -0.379 e. The molecule has 0 saturated carbocycles. The number of methoxy groups -OCH3 is 1. The third-order valence-corrected chi connectivity index (χ3v) is 11.7. The number of rotatable bonds is 13. The number of carbonyl (C=O) groups is 3. The number of ether oxygens (including phenoxy) is 1. The van der Waals surface area contributed by atoms with Crippen LogP contribution in [0.25, 0.3) is 0 Å². The molecule has 0 unspecified atom stereocenters. The molecule has 0 radical (unpaired) electrons. The second-order valence-corrected chi connectivity index (χ2v) is 19.8. The predicted molar refractivity (Wildman–Crippen MR) is 246 cm³/mol. The highest BCUT2D eigenvalue weighted by Gasteiger charge is 2.35. The average Bonchev–Trinajstić information content (AvgIpc) is 3.58. The lowest BCUT2D eigenvalue weighted by molar-refractivity contribution is -0.128. The van der Waals surface area contributed by atoms with Crippen molar-refractivity contribution in [2.45, 2.75) is 133 Å². The third-order valence-electron chi connectivity index (χ3n) is 11.7. The summed E-state index contributed by atoms with van der Waals surface area (Å²) in [6.45, 7) is 46.2. The van der Waals surface area contributed by atoms with Gasteiger partial charge in [0.1, 0.15) is 0 Å². The van der Waals surface area contributed by atoms with Gasteiger partial charge in [-0.15, -0.1) is 0 Å². The number of piperidine rings is 3. The fraction of sp³-hybridized carbons (Fsp3) is 0.740. The molecule has 0 N–H and O–H groups in total. The second kappa shape index (κ2) is 27.6. The topological polar surface area (TPSA) is 73.4 Å². The van der Waals surface area contributed by atoms with Gasteiger partial charge in [-0.25, -0.2) is 0 Å². The normalized spacial score (nSPS) is 22.5. The number of nitrogens with zero attached hydrogens (tertiary/aromatic N) is 4. The van der Waals surface area contributed by atoms with Crippen molar-refractivity contribution in [1.82, 2.24) is 19.6 Å². The molecule has 4 aliphatic rings. The molecule has 0 aromatic carbocycles. The zero-order valence-corrected chi connectivity index (χ0v) is 39.1. The Labute approximate surface area is 357 Å². The molecule has 4 fully saturated rings. The molecule has 0 aliphatic carbocycles. The Morgan fingerprint density at radius 1 is 0.586 bits per heavy atom. The average molecular weight is 809 g/mol. The van der Waals surface area contributed by atoms with Crippen LogP contribution < -0.4 is 0 Å². The van der Waals surface area contributed by atoms with Crippen molar-refractivity contribution < 1.29 is 19.1 Å². The molecule has 332 valence electrons. The van der Waals surface area contributed by atoms with E-state index in [2.05, 4.69) is 100 Å². The summed E-state index contributed by atoms with van der Waals surface area (Å²) < 4.78 is 5.58. The molecule has 0 aromatic heterocycles. The molecule has 8 heteroatoms. The largest absolute Gasteiger partial charge is 0.379 e. The Balaban J connectivity index is 0.000000387. The van der Waals surface area contributed by atoms with Gasteiger partial charge in [-0.1, -0.05) is 95.2 Å². The summed E-state index contributed by atoms with van der Waals surface area (Å²) in [6.07, 6.45) is 18.6. The first-order valence-corrected chi connectivity index (χ1v) is 22.6. The van der Waals surface area contributed by atoms with E-state index in [1.54, 1.807) is 7.11 Å². The zero-order chi connectivity index (χ0) is 44.0. The maximum atomic E-state index is 11.4. The maximum absolute atomic E-state index is 11.4. The Morgan fingerprint density at radius 3 is 1.36 bits per heavy atom. The van der Waals surface area contributed by atoms with Crippen molar-refractivity contribution >= 4 is 17.7 Å². The van der Waals surface area contributed by atoms with E-state index >= 15 is 0 Å². The number of carbonyl (C=O) groups excluding carboxylic acids is 3. The van der Waals surface area contributed by atoms with Gasteiger partial charge in [-0.3, -0.25) is 14.4 Å². The quantitative estimate of drug-likeness (QED) is 0.137. The standard InChI is InChI=1S/C14H25NO.3C12H21NO/c1-7-11(2)15-9-12(8-14(3,4)5)13(10-15)16-6;1-4-12(14)13-7-5-11(6-8-13)9-10(2)3;2*1-4-12(14)13-7-5-6-11(9-13)8-10(2)3/h7,12-13H,1-2,8-10H2,3-6H3;3*4,10-11H,1,5-9H2,2-3H3/t12-,13-;;2*11-/m0.10/s1. The van der Waals surface area contributed by atoms with Gasteiger partial charge in [0.2, 0.25) is 17.7 Å². The molecule has 4 aliphatic heterocycles. The maximum Gasteiger partial charge on any atom is 0.245 e. The Kier molecular flexibility index (Phi) is 25.2. The van der Waals surface area contributed by atoms with Crippen LogP contribution in [0.1, 0.15) is 127 Å². The summed E-state index contributed by atoms with van der Waals surface area (Å²) in [7, 11) is 1.81. The highest BCUT2D eigenvalue weighted by atomic mass is 16.5. The minimum absolute atomic E-state index is 0.0907. The molecule has 0 aromatic rings. The number of allylic oxidation sites excluding steroid dienone is 1. The van der Waals surface area contributed by atoms with Crippen molar-refractivity contribution in [3.05, 3.63) is 62.9 Å². The molecule has 58 heavy (non-hydrogen) atoms. The van der Waals surface area contributed by atoms with Crippen LogP contribution >= 0.6 is 0 Å². The summed E-state index contributed by atoms with van der Waals surface area (Å²) in [5.74, 6) is 5.36. The van der Waals surface area contributed by atoms with Crippen molar-refractivity contribution in [3.63, 3.8) is 0 Å². The molecule has 3 amide bonds. The van der Waals surface area contributed by atoms with Crippen LogP contribution in [0.15, 0.2) is 62.9 Å². The Hall–Kier alpha value is -3.13. The summed E-state index contributed by atoms with van der Waals surface area (Å²) in [5.41, 5.74) is 1.37. The lowest BCUT2D eigenvalue weighted by Gasteiger charge is -2.32. The van der Waals surface area contributed by atoms with Crippen molar-refractivity contribution in [3.8, 4) is 0 Å². The van der Waals surface area contributed by atoms with Crippen molar-refractivity contribution in [1.29, 1.82) is 0 Å². The van der Waals surface area contributed by atoms with Crippen LogP contribution in [0.4, 0.5) is 0 Å². The lowest BCUT2D eigenvalue weighted by Crippen LogP contribution is -2.39. The molecule has 4 saturated heterocycles. The second-order valence-electron chi connectivity index (χ2n) is 19.8. The van der Waals surface area contributed by atoms with E-state index in [0.717, 1.165) is 107 Å². The SMILES string of the molecule is C=CC(=C)N1C[C@H](CC(C)(C)C)[C@@H](OC)C1.C=CC(=O)N1CCC(CC(C)C)CC1.C=CC(=O)N1CCC[C@@H](CC(C)C)C1.C=CC(=O)N1CCC[C@H](CC(C)C)C1. The highest BCUT2D eigenvalue weighted by molar-refractivity contribution is 5.87. The van der Waals surface area contributed by atoms with E-state index in [1.807, 2.05) is 20.8 Å². The number of likely N-dealkylation sites (tertiary alicyclic amines) is 4. The Bertz CT molecular complexity index is 1230. The first-order chi connectivity index (χ1) is 27.3. The van der Waals surface area contributed by atoms with Crippen molar-refractivity contribution in [2.24, 2.45) is 46.8 Å². The number of amides is 3. The van der Waals surface area contributed by atoms with Crippen LogP contribution in [0, 0.1) is 46.8 Å². The van der Waals surface area contributed by atoms with E-state index in [4.69, 9.17) is 4.74 Å². The molecule has 4 atom stereocenters. The molecule has 4 rings (SSSR count). The van der Waals surface area contributed by atoms with E-state index < -0.39 is 0 Å². The summed E-state index contributed by atoms with van der Waals surface area (Å²) in [4.78, 5) is 42.2. The van der Waals surface area contributed by atoms with Gasteiger partial charge in [-0.05, 0) is 129 Å². The van der Waals surface area contributed by atoms with E-state index in [1.165, 1.54) is 56.8 Å². The van der Waals surface area contributed by atoms with Gasteiger partial charge >= 0.3 is 0 Å². The van der Waals surface area contributed by atoms with Crippen molar-refractivity contribution in [2.75, 3.05) is 59.5 Å². The molecule has 0 bridgehead atoms. The minimum atomic E-state index is 0.0907. The van der Waals surface area contributed by atoms with Crippen LogP contribution in [-0.4, -0.2) is 103 Å². The van der Waals surface area contributed by atoms with E-state index in [0.29, 0.717) is 29.3 Å².